The average molecular weight is 346 g/mol. The fraction of sp³-hybridized carbons (Fsp3) is 0.0476. The van der Waals surface area contributed by atoms with Crippen molar-refractivity contribution in [1.29, 1.82) is 0 Å². The molecule has 26 heavy (non-hydrogen) atoms. The first-order valence-electron chi connectivity index (χ1n) is 8.06. The Morgan fingerprint density at radius 2 is 1.77 bits per heavy atom. The highest BCUT2D eigenvalue weighted by molar-refractivity contribution is 5.84. The van der Waals surface area contributed by atoms with Crippen LogP contribution in [-0.2, 0) is 0 Å². The number of nitrogens with zero attached hydrogens (tertiary/aromatic N) is 2. The van der Waals surface area contributed by atoms with Crippen molar-refractivity contribution in [3.8, 4) is 17.2 Å². The molecular weight excluding hydrogens is 331 g/mol. The van der Waals surface area contributed by atoms with Gasteiger partial charge in [-0.25, -0.2) is 9.37 Å². The smallest absolute Gasteiger partial charge is 0.227 e. The Labute approximate surface area is 149 Å². The van der Waals surface area contributed by atoms with E-state index in [-0.39, 0.29) is 5.82 Å². The van der Waals surface area contributed by atoms with Gasteiger partial charge in [0.2, 0.25) is 5.89 Å². The first-order chi connectivity index (χ1) is 12.7. The van der Waals surface area contributed by atoms with E-state index < -0.39 is 0 Å². The Kier molecular flexibility index (Phi) is 4.19. The minimum Gasteiger partial charge on any atom is -0.497 e. The van der Waals surface area contributed by atoms with Gasteiger partial charge in [-0.15, -0.1) is 0 Å². The number of oxazole rings is 1. The summed E-state index contributed by atoms with van der Waals surface area (Å²) in [5.41, 5.74) is 3.83. The molecule has 0 spiro atoms. The highest BCUT2D eigenvalue weighted by Gasteiger charge is 2.08. The monoisotopic (exact) mass is 346 g/mol. The molecule has 0 bridgehead atoms. The van der Waals surface area contributed by atoms with Crippen LogP contribution in [-0.4, -0.2) is 18.3 Å². The number of rotatable bonds is 4. The van der Waals surface area contributed by atoms with Gasteiger partial charge in [0.25, 0.3) is 0 Å². The molecule has 0 atom stereocenters. The Bertz CT molecular complexity index is 1070. The minimum atomic E-state index is -0.292. The van der Waals surface area contributed by atoms with Gasteiger partial charge in [0.15, 0.2) is 5.58 Å². The van der Waals surface area contributed by atoms with Crippen LogP contribution in [0.4, 0.5) is 10.1 Å². The lowest BCUT2D eigenvalue weighted by Gasteiger charge is -1.98. The van der Waals surface area contributed by atoms with Crippen molar-refractivity contribution in [3.05, 3.63) is 78.1 Å². The predicted octanol–water partition coefficient (Wildman–Crippen LogP) is 5.39. The van der Waals surface area contributed by atoms with E-state index >= 15 is 0 Å². The Morgan fingerprint density at radius 1 is 1.00 bits per heavy atom. The molecule has 0 aliphatic rings. The second kappa shape index (κ2) is 6.80. The summed E-state index contributed by atoms with van der Waals surface area (Å²) in [5.74, 6) is 0.968. The fourth-order valence-corrected chi connectivity index (χ4v) is 2.55. The highest BCUT2D eigenvalue weighted by atomic mass is 19.1. The van der Waals surface area contributed by atoms with Gasteiger partial charge in [-0.05, 0) is 72.3 Å². The van der Waals surface area contributed by atoms with Crippen LogP contribution < -0.4 is 4.74 Å². The Balaban J connectivity index is 1.60. The van der Waals surface area contributed by atoms with Crippen molar-refractivity contribution < 1.29 is 13.5 Å². The number of hydrogen-bond donors (Lipinski definition) is 0. The summed E-state index contributed by atoms with van der Waals surface area (Å²) < 4.78 is 23.9. The number of hydrogen-bond acceptors (Lipinski definition) is 4. The quantitative estimate of drug-likeness (QED) is 0.465. The minimum absolute atomic E-state index is 0.292. The number of methoxy groups -OCH3 is 1. The topological polar surface area (TPSA) is 47.6 Å². The van der Waals surface area contributed by atoms with Crippen molar-refractivity contribution in [2.75, 3.05) is 7.11 Å². The lowest BCUT2D eigenvalue weighted by atomic mass is 10.2. The summed E-state index contributed by atoms with van der Waals surface area (Å²) in [5, 5.41) is 0. The second-order valence-electron chi connectivity index (χ2n) is 5.71. The van der Waals surface area contributed by atoms with Crippen LogP contribution in [0.5, 0.6) is 5.75 Å². The normalized spacial score (nSPS) is 11.3. The van der Waals surface area contributed by atoms with Gasteiger partial charge in [0, 0.05) is 11.8 Å². The van der Waals surface area contributed by atoms with E-state index in [1.54, 1.807) is 25.5 Å². The summed E-state index contributed by atoms with van der Waals surface area (Å²) in [6, 6.07) is 19.2. The Morgan fingerprint density at radius 3 is 2.50 bits per heavy atom. The van der Waals surface area contributed by atoms with Crippen LogP contribution in [0.2, 0.25) is 0 Å². The number of ether oxygens (including phenoxy) is 1. The first kappa shape index (κ1) is 16.0. The van der Waals surface area contributed by atoms with Gasteiger partial charge in [0.1, 0.15) is 17.1 Å². The average Bonchev–Trinajstić information content (AvgIpc) is 3.10. The van der Waals surface area contributed by atoms with E-state index in [1.165, 1.54) is 12.1 Å². The predicted molar refractivity (Wildman–Crippen MR) is 99.7 cm³/mol. The molecule has 1 heterocycles. The van der Waals surface area contributed by atoms with E-state index in [0.29, 0.717) is 17.0 Å². The maximum Gasteiger partial charge on any atom is 0.227 e. The van der Waals surface area contributed by atoms with E-state index in [4.69, 9.17) is 9.15 Å². The third-order valence-electron chi connectivity index (χ3n) is 3.94. The summed E-state index contributed by atoms with van der Waals surface area (Å²) in [6.07, 6.45) is 1.78. The van der Waals surface area contributed by atoms with Crippen LogP contribution in [0.1, 0.15) is 5.56 Å². The van der Waals surface area contributed by atoms with Gasteiger partial charge in [0.05, 0.1) is 12.8 Å². The van der Waals surface area contributed by atoms with Crippen molar-refractivity contribution >= 4 is 23.0 Å². The molecular formula is C21H15FN2O2. The summed E-state index contributed by atoms with van der Waals surface area (Å²) in [6.45, 7) is 0. The van der Waals surface area contributed by atoms with Crippen LogP contribution in [0, 0.1) is 5.82 Å². The van der Waals surface area contributed by atoms with Crippen molar-refractivity contribution in [2.45, 2.75) is 0 Å². The lowest BCUT2D eigenvalue weighted by molar-refractivity contribution is 0.415. The van der Waals surface area contributed by atoms with Gasteiger partial charge in [-0.1, -0.05) is 0 Å². The second-order valence-corrected chi connectivity index (χ2v) is 5.71. The van der Waals surface area contributed by atoms with E-state index in [1.807, 2.05) is 42.5 Å². The fourth-order valence-electron chi connectivity index (χ4n) is 2.55. The number of aliphatic imine (C=N–C) groups is 1. The van der Waals surface area contributed by atoms with Gasteiger partial charge < -0.3 is 9.15 Å². The zero-order valence-corrected chi connectivity index (χ0v) is 14.0. The molecule has 0 saturated heterocycles. The molecule has 1 aromatic heterocycles. The zero-order valence-electron chi connectivity index (χ0n) is 14.0. The largest absolute Gasteiger partial charge is 0.497 e. The molecule has 5 heteroatoms. The van der Waals surface area contributed by atoms with E-state index in [2.05, 4.69) is 9.98 Å². The first-order valence-corrected chi connectivity index (χ1v) is 8.06. The maximum absolute atomic E-state index is 13.1. The molecule has 4 aromatic rings. The third-order valence-corrected chi connectivity index (χ3v) is 3.94. The van der Waals surface area contributed by atoms with Gasteiger partial charge in [-0.2, -0.15) is 0 Å². The summed E-state index contributed by atoms with van der Waals surface area (Å²) >= 11 is 0. The zero-order chi connectivity index (χ0) is 17.9. The van der Waals surface area contributed by atoms with Crippen molar-refractivity contribution in [2.24, 2.45) is 4.99 Å². The van der Waals surface area contributed by atoms with E-state index in [9.17, 15) is 4.39 Å². The molecule has 0 radical (unpaired) electrons. The molecule has 0 saturated carbocycles. The summed E-state index contributed by atoms with van der Waals surface area (Å²) in [7, 11) is 1.64. The summed E-state index contributed by atoms with van der Waals surface area (Å²) in [4.78, 5) is 8.95. The molecule has 0 aliphatic heterocycles. The SMILES string of the molecule is COc1ccc(C=Nc2ccc3oc(-c4ccc(F)cc4)nc3c2)cc1. The maximum atomic E-state index is 13.1. The lowest BCUT2D eigenvalue weighted by Crippen LogP contribution is -1.84. The van der Waals surface area contributed by atoms with Crippen LogP contribution in [0.15, 0.2) is 76.1 Å². The molecule has 0 fully saturated rings. The highest BCUT2D eigenvalue weighted by Crippen LogP contribution is 2.27. The standard InChI is InChI=1S/C21H15FN2O2/c1-25-18-9-2-14(3-10-18)13-23-17-8-11-20-19(12-17)24-21(26-20)15-4-6-16(22)7-5-15/h2-13H,1H3. The molecule has 0 unspecified atom stereocenters. The molecule has 0 amide bonds. The number of benzene rings is 3. The number of fused-ring (bicyclic) bond motifs is 1. The Hall–Kier alpha value is -3.47. The van der Waals surface area contributed by atoms with Crippen molar-refractivity contribution in [3.63, 3.8) is 0 Å². The van der Waals surface area contributed by atoms with Gasteiger partial charge in [-0.3, -0.25) is 4.99 Å². The molecule has 0 N–H and O–H groups in total. The van der Waals surface area contributed by atoms with Crippen LogP contribution in [0.25, 0.3) is 22.6 Å². The molecule has 4 rings (SSSR count). The molecule has 4 nitrogen and oxygen atoms in total. The molecule has 128 valence electrons. The molecule has 3 aromatic carbocycles. The number of aromatic nitrogens is 1. The van der Waals surface area contributed by atoms with Crippen LogP contribution in [0.3, 0.4) is 0 Å². The van der Waals surface area contributed by atoms with Gasteiger partial charge >= 0.3 is 0 Å². The van der Waals surface area contributed by atoms with E-state index in [0.717, 1.165) is 22.6 Å². The third kappa shape index (κ3) is 3.32. The van der Waals surface area contributed by atoms with Crippen LogP contribution >= 0.6 is 0 Å². The van der Waals surface area contributed by atoms with Crippen molar-refractivity contribution in [1.82, 2.24) is 4.98 Å². The number of halogens is 1. The molecule has 0 aliphatic carbocycles.